The lowest BCUT2D eigenvalue weighted by Crippen LogP contribution is -2.02. The van der Waals surface area contributed by atoms with Crippen LogP contribution >= 0.6 is 11.8 Å². The van der Waals surface area contributed by atoms with Gasteiger partial charge in [-0.1, -0.05) is 60.3 Å². The summed E-state index contributed by atoms with van der Waals surface area (Å²) in [6.07, 6.45) is 0. The molecule has 138 valence electrons. The molecule has 28 heavy (non-hydrogen) atoms. The van der Waals surface area contributed by atoms with Crippen molar-refractivity contribution in [2.24, 2.45) is 0 Å². The molecule has 1 heterocycles. The Kier molecular flexibility index (Phi) is 5.30. The van der Waals surface area contributed by atoms with Crippen molar-refractivity contribution in [3.63, 3.8) is 0 Å². The van der Waals surface area contributed by atoms with Gasteiger partial charge < -0.3 is 0 Å². The largest absolute Gasteiger partial charge is 0.293 e. The maximum Gasteiger partial charge on any atom is 0.209 e. The minimum Gasteiger partial charge on any atom is -0.293 e. The second-order valence-corrected chi connectivity index (χ2v) is 6.99. The summed E-state index contributed by atoms with van der Waals surface area (Å²) in [4.78, 5) is 17.0. The van der Waals surface area contributed by atoms with E-state index in [0.717, 1.165) is 11.3 Å². The quantitative estimate of drug-likeness (QED) is 0.342. The van der Waals surface area contributed by atoms with Crippen LogP contribution in [-0.4, -0.2) is 26.3 Å². The second kappa shape index (κ2) is 8.19. The van der Waals surface area contributed by atoms with E-state index in [1.165, 1.54) is 36.0 Å². The highest BCUT2D eigenvalue weighted by molar-refractivity contribution is 7.99. The summed E-state index contributed by atoms with van der Waals surface area (Å²) in [5.41, 5.74) is 2.31. The third kappa shape index (κ3) is 4.02. The molecule has 0 N–H and O–H groups in total. The Bertz CT molecular complexity index is 1020. The lowest BCUT2D eigenvalue weighted by molar-refractivity contribution is 0.102. The third-order valence-corrected chi connectivity index (χ3v) is 4.96. The van der Waals surface area contributed by atoms with Gasteiger partial charge in [0.05, 0.1) is 11.4 Å². The first-order valence-electron chi connectivity index (χ1n) is 8.70. The Morgan fingerprint density at radius 2 is 1.54 bits per heavy atom. The normalized spacial score (nSPS) is 10.8. The van der Waals surface area contributed by atoms with Gasteiger partial charge in [-0.25, -0.2) is 14.1 Å². The van der Waals surface area contributed by atoms with Crippen LogP contribution in [0.25, 0.3) is 17.1 Å². The number of ketones is 1. The van der Waals surface area contributed by atoms with Crippen LogP contribution in [0.2, 0.25) is 0 Å². The van der Waals surface area contributed by atoms with E-state index in [-0.39, 0.29) is 17.4 Å². The van der Waals surface area contributed by atoms with Gasteiger partial charge in [-0.2, -0.15) is 0 Å². The fraction of sp³-hybridized carbons (Fsp3) is 0.0455. The van der Waals surface area contributed by atoms with Crippen LogP contribution < -0.4 is 0 Å². The van der Waals surface area contributed by atoms with E-state index in [4.69, 9.17) is 0 Å². The molecule has 6 heteroatoms. The molecule has 4 nitrogen and oxygen atoms in total. The number of nitrogens with zero attached hydrogens (tertiary/aromatic N) is 3. The summed E-state index contributed by atoms with van der Waals surface area (Å²) < 4.78 is 14.8. The second-order valence-electron chi connectivity index (χ2n) is 6.05. The van der Waals surface area contributed by atoms with Gasteiger partial charge in [0.1, 0.15) is 5.82 Å². The summed E-state index contributed by atoms with van der Waals surface area (Å²) in [5, 5.41) is 5.11. The molecule has 0 unspecified atom stereocenters. The number of carbonyl (C=O) groups excluding carboxylic acids is 1. The molecule has 3 aromatic carbocycles. The fourth-order valence-electron chi connectivity index (χ4n) is 2.73. The Morgan fingerprint density at radius 1 is 0.893 bits per heavy atom. The molecule has 0 amide bonds. The van der Waals surface area contributed by atoms with Crippen molar-refractivity contribution in [2.75, 3.05) is 5.75 Å². The molecule has 0 saturated heterocycles. The molecule has 0 saturated carbocycles. The number of hydrogen-bond donors (Lipinski definition) is 0. The van der Waals surface area contributed by atoms with Gasteiger partial charge >= 0.3 is 0 Å². The molecule has 0 aliphatic carbocycles. The standard InChI is InChI=1S/C22H16FN3OS/c23-18-13-11-16(12-14-18)20(27)15-28-22-24-21(17-7-3-1-4-8-17)26(25-22)19-9-5-2-6-10-19/h1-14H,15H2. The number of thioether (sulfide) groups is 1. The lowest BCUT2D eigenvalue weighted by Gasteiger charge is -2.05. The molecule has 0 fully saturated rings. The molecule has 1 aromatic heterocycles. The van der Waals surface area contributed by atoms with E-state index >= 15 is 0 Å². The SMILES string of the molecule is O=C(CSc1nc(-c2ccccc2)n(-c2ccccc2)n1)c1ccc(F)cc1. The maximum atomic E-state index is 13.0. The first-order chi connectivity index (χ1) is 13.7. The van der Waals surface area contributed by atoms with Crippen molar-refractivity contribution < 1.29 is 9.18 Å². The van der Waals surface area contributed by atoms with Crippen molar-refractivity contribution in [3.8, 4) is 17.1 Å². The van der Waals surface area contributed by atoms with Crippen LogP contribution in [-0.2, 0) is 0 Å². The topological polar surface area (TPSA) is 47.8 Å². The number of benzene rings is 3. The van der Waals surface area contributed by atoms with Gasteiger partial charge in [-0.05, 0) is 36.4 Å². The van der Waals surface area contributed by atoms with Gasteiger partial charge in [0.2, 0.25) is 5.16 Å². The number of aromatic nitrogens is 3. The van der Waals surface area contributed by atoms with Gasteiger partial charge in [-0.15, -0.1) is 5.10 Å². The molecule has 0 aliphatic heterocycles. The average Bonchev–Trinajstić information content (AvgIpc) is 3.18. The zero-order valence-electron chi connectivity index (χ0n) is 14.8. The van der Waals surface area contributed by atoms with Crippen molar-refractivity contribution in [2.45, 2.75) is 5.16 Å². The summed E-state index contributed by atoms with van der Waals surface area (Å²) in [6.45, 7) is 0. The zero-order valence-corrected chi connectivity index (χ0v) is 15.6. The molecular formula is C22H16FN3OS. The van der Waals surface area contributed by atoms with Crippen LogP contribution in [0, 0.1) is 5.82 Å². The van der Waals surface area contributed by atoms with Crippen LogP contribution in [0.15, 0.2) is 90.1 Å². The molecule has 0 atom stereocenters. The van der Waals surface area contributed by atoms with Gasteiger partial charge in [0.25, 0.3) is 0 Å². The fourth-order valence-corrected chi connectivity index (χ4v) is 3.44. The Morgan fingerprint density at radius 3 is 2.21 bits per heavy atom. The van der Waals surface area contributed by atoms with E-state index in [1.807, 2.05) is 60.7 Å². The third-order valence-electron chi connectivity index (χ3n) is 4.12. The van der Waals surface area contributed by atoms with Crippen molar-refractivity contribution in [1.82, 2.24) is 14.8 Å². The average molecular weight is 389 g/mol. The smallest absolute Gasteiger partial charge is 0.209 e. The van der Waals surface area contributed by atoms with E-state index in [1.54, 1.807) is 4.68 Å². The van der Waals surface area contributed by atoms with Gasteiger partial charge in [0, 0.05) is 11.1 Å². The maximum absolute atomic E-state index is 13.0. The summed E-state index contributed by atoms with van der Waals surface area (Å²) in [6, 6.07) is 25.1. The Hall–Kier alpha value is -3.25. The molecule has 0 aliphatic rings. The number of carbonyl (C=O) groups is 1. The number of Topliss-reactive ketones (excluding diaryl/α,β-unsaturated/α-hetero) is 1. The predicted molar refractivity (Wildman–Crippen MR) is 108 cm³/mol. The van der Waals surface area contributed by atoms with Gasteiger partial charge in [0.15, 0.2) is 11.6 Å². The minimum absolute atomic E-state index is 0.0951. The highest BCUT2D eigenvalue weighted by Crippen LogP contribution is 2.25. The summed E-state index contributed by atoms with van der Waals surface area (Å²) >= 11 is 1.27. The van der Waals surface area contributed by atoms with Gasteiger partial charge in [-0.3, -0.25) is 4.79 Å². The first-order valence-corrected chi connectivity index (χ1v) is 9.69. The van der Waals surface area contributed by atoms with E-state index in [9.17, 15) is 9.18 Å². The molecular weight excluding hydrogens is 373 g/mol. The van der Waals surface area contributed by atoms with Crippen LogP contribution in [0.3, 0.4) is 0 Å². The number of para-hydroxylation sites is 1. The number of halogens is 1. The highest BCUT2D eigenvalue weighted by atomic mass is 32.2. The molecule has 4 aromatic rings. The number of hydrogen-bond acceptors (Lipinski definition) is 4. The summed E-state index contributed by atoms with van der Waals surface area (Å²) in [7, 11) is 0. The van der Waals surface area contributed by atoms with Crippen LogP contribution in [0.4, 0.5) is 4.39 Å². The highest BCUT2D eigenvalue weighted by Gasteiger charge is 2.15. The Balaban J connectivity index is 1.60. The zero-order chi connectivity index (χ0) is 19.3. The minimum atomic E-state index is -0.361. The van der Waals surface area contributed by atoms with Crippen LogP contribution in [0.5, 0.6) is 0 Å². The van der Waals surface area contributed by atoms with Crippen LogP contribution in [0.1, 0.15) is 10.4 Å². The summed E-state index contributed by atoms with van der Waals surface area (Å²) in [5.74, 6) is 0.435. The van der Waals surface area contributed by atoms with Crippen molar-refractivity contribution in [3.05, 3.63) is 96.3 Å². The molecule has 0 radical (unpaired) electrons. The van der Waals surface area contributed by atoms with Crippen molar-refractivity contribution >= 4 is 17.5 Å². The van der Waals surface area contributed by atoms with Crippen molar-refractivity contribution in [1.29, 1.82) is 0 Å². The monoisotopic (exact) mass is 389 g/mol. The lowest BCUT2D eigenvalue weighted by atomic mass is 10.1. The predicted octanol–water partition coefficient (Wildman–Crippen LogP) is 5.05. The Labute approximate surface area is 166 Å². The molecule has 4 rings (SSSR count). The number of rotatable bonds is 6. The first kappa shape index (κ1) is 18.1. The molecule has 0 spiro atoms. The van der Waals surface area contributed by atoms with E-state index in [2.05, 4.69) is 10.1 Å². The molecule has 0 bridgehead atoms. The van der Waals surface area contributed by atoms with E-state index < -0.39 is 0 Å². The van der Waals surface area contributed by atoms with E-state index in [0.29, 0.717) is 16.5 Å².